The molecule has 4 aromatic rings. The van der Waals surface area contributed by atoms with Gasteiger partial charge in [0.25, 0.3) is 10.0 Å². The van der Waals surface area contributed by atoms with Crippen molar-refractivity contribution in [3.8, 4) is 0 Å². The van der Waals surface area contributed by atoms with Crippen molar-refractivity contribution in [3.05, 3.63) is 64.2 Å². The van der Waals surface area contributed by atoms with E-state index in [1.165, 1.54) is 22.9 Å². The van der Waals surface area contributed by atoms with Gasteiger partial charge in [0.2, 0.25) is 0 Å². The average Bonchev–Trinajstić information content (AvgIpc) is 3.24. The van der Waals surface area contributed by atoms with Gasteiger partial charge in [0.05, 0.1) is 35.3 Å². The molecule has 11 heteroatoms. The fourth-order valence-corrected chi connectivity index (χ4v) is 5.19. The summed E-state index contributed by atoms with van der Waals surface area (Å²) in [6.07, 6.45) is 0. The summed E-state index contributed by atoms with van der Waals surface area (Å²) in [5.41, 5.74) is 2.43. The number of anilines is 1. The lowest BCUT2D eigenvalue weighted by molar-refractivity contribution is 0.579. The van der Waals surface area contributed by atoms with Crippen LogP contribution in [0, 0.1) is 19.7 Å². The molecule has 0 saturated carbocycles. The van der Waals surface area contributed by atoms with E-state index in [0.717, 1.165) is 11.7 Å². The van der Waals surface area contributed by atoms with E-state index in [2.05, 4.69) is 18.6 Å². The average molecular weight is 452 g/mol. The van der Waals surface area contributed by atoms with Gasteiger partial charge in [-0.15, -0.1) is 0 Å². The topological polar surface area (TPSA) is 89.8 Å². The van der Waals surface area contributed by atoms with Crippen molar-refractivity contribution in [2.75, 3.05) is 4.72 Å². The first-order valence-electron chi connectivity index (χ1n) is 8.49. The van der Waals surface area contributed by atoms with Gasteiger partial charge in [-0.05, 0) is 38.1 Å². The Morgan fingerprint density at radius 3 is 2.69 bits per heavy atom. The normalized spacial score (nSPS) is 11.9. The summed E-state index contributed by atoms with van der Waals surface area (Å²) < 4.78 is 52.4. The van der Waals surface area contributed by atoms with Crippen molar-refractivity contribution < 1.29 is 12.8 Å². The summed E-state index contributed by atoms with van der Waals surface area (Å²) in [5.74, 6) is -0.449. The molecule has 7 nitrogen and oxygen atoms in total. The quantitative estimate of drug-likeness (QED) is 0.492. The van der Waals surface area contributed by atoms with E-state index in [1.54, 1.807) is 32.0 Å². The van der Waals surface area contributed by atoms with E-state index in [1.807, 2.05) is 0 Å². The van der Waals surface area contributed by atoms with Crippen molar-refractivity contribution in [1.82, 2.24) is 18.5 Å². The van der Waals surface area contributed by atoms with Crippen LogP contribution >= 0.6 is 23.3 Å². The smallest absolute Gasteiger partial charge is 0.264 e. The molecule has 29 heavy (non-hydrogen) atoms. The Balaban J connectivity index is 1.71. The molecular formula is C18H15ClFN5O2S2. The minimum absolute atomic E-state index is 0.0347. The molecule has 0 aliphatic heterocycles. The second-order valence-electron chi connectivity index (χ2n) is 6.40. The summed E-state index contributed by atoms with van der Waals surface area (Å²) in [6.45, 7) is 3.46. The van der Waals surface area contributed by atoms with Crippen molar-refractivity contribution >= 4 is 50.1 Å². The summed E-state index contributed by atoms with van der Waals surface area (Å²) in [4.78, 5) is 0.0347. The molecule has 2 aromatic carbocycles. The van der Waals surface area contributed by atoms with E-state index >= 15 is 0 Å². The molecular weight excluding hydrogens is 437 g/mol. The molecule has 0 unspecified atom stereocenters. The lowest BCUT2D eigenvalue weighted by atomic mass is 10.2. The number of rotatable bonds is 5. The molecule has 0 amide bonds. The zero-order chi connectivity index (χ0) is 20.8. The third kappa shape index (κ3) is 3.59. The summed E-state index contributed by atoms with van der Waals surface area (Å²) in [5, 5.41) is 4.64. The first kappa shape index (κ1) is 19.7. The molecule has 0 radical (unpaired) electrons. The van der Waals surface area contributed by atoms with Crippen LogP contribution in [0.3, 0.4) is 0 Å². The standard InChI is InChI=1S/C18H15ClFN5O2S2/c1-10-17(11(2)25(21-10)9-12-13(19)5-3-6-14(12)20)24-29(26,27)16-8-4-7-15-18(16)23-28-22-15/h3-8,24H,9H2,1-2H3. The number of halogens is 2. The molecule has 150 valence electrons. The molecule has 2 aromatic heterocycles. The van der Waals surface area contributed by atoms with Gasteiger partial charge < -0.3 is 0 Å². The molecule has 0 aliphatic rings. The predicted molar refractivity (Wildman–Crippen MR) is 110 cm³/mol. The molecule has 1 N–H and O–H groups in total. The van der Waals surface area contributed by atoms with Crippen LogP contribution in [-0.4, -0.2) is 26.9 Å². The van der Waals surface area contributed by atoms with E-state index < -0.39 is 15.8 Å². The number of hydrogen-bond donors (Lipinski definition) is 1. The van der Waals surface area contributed by atoms with Gasteiger partial charge in [-0.3, -0.25) is 9.40 Å². The molecule has 0 fully saturated rings. The Bertz CT molecular complexity index is 1310. The van der Waals surface area contributed by atoms with Crippen LogP contribution in [-0.2, 0) is 16.6 Å². The SMILES string of the molecule is Cc1nn(Cc2c(F)cccc2Cl)c(C)c1NS(=O)(=O)c1cccc2nsnc12. The Hall–Kier alpha value is -2.56. The highest BCUT2D eigenvalue weighted by Crippen LogP contribution is 2.28. The number of sulfonamides is 1. The van der Waals surface area contributed by atoms with Crippen molar-refractivity contribution in [2.24, 2.45) is 0 Å². The minimum Gasteiger partial charge on any atom is -0.276 e. The van der Waals surface area contributed by atoms with Crippen LogP contribution in [0.4, 0.5) is 10.1 Å². The highest BCUT2D eigenvalue weighted by atomic mass is 35.5. The molecule has 0 spiro atoms. The lowest BCUT2D eigenvalue weighted by Crippen LogP contribution is -2.15. The Morgan fingerprint density at radius 2 is 1.93 bits per heavy atom. The maximum Gasteiger partial charge on any atom is 0.264 e. The third-order valence-corrected chi connectivity index (χ3v) is 6.80. The van der Waals surface area contributed by atoms with Crippen molar-refractivity contribution in [3.63, 3.8) is 0 Å². The maximum atomic E-state index is 14.1. The fourth-order valence-electron chi connectivity index (χ4n) is 3.02. The second-order valence-corrected chi connectivity index (χ2v) is 8.98. The molecule has 4 rings (SSSR count). The molecule has 0 aliphatic carbocycles. The highest BCUT2D eigenvalue weighted by Gasteiger charge is 2.23. The minimum atomic E-state index is -3.93. The fraction of sp³-hybridized carbons (Fsp3) is 0.167. The predicted octanol–water partition coefficient (Wildman–Crippen LogP) is 4.15. The Labute approximate surface area is 175 Å². The van der Waals surface area contributed by atoms with Crippen LogP contribution < -0.4 is 4.72 Å². The maximum absolute atomic E-state index is 14.1. The number of hydrogen-bond acceptors (Lipinski definition) is 6. The molecule has 0 bridgehead atoms. The van der Waals surface area contributed by atoms with Crippen LogP contribution in [0.2, 0.25) is 5.02 Å². The van der Waals surface area contributed by atoms with E-state index in [0.29, 0.717) is 28.1 Å². The van der Waals surface area contributed by atoms with Gasteiger partial charge in [-0.1, -0.05) is 23.7 Å². The van der Waals surface area contributed by atoms with Gasteiger partial charge in [0.1, 0.15) is 21.7 Å². The Morgan fingerprint density at radius 1 is 1.17 bits per heavy atom. The van der Waals surface area contributed by atoms with Crippen LogP contribution in [0.15, 0.2) is 41.3 Å². The van der Waals surface area contributed by atoms with Gasteiger partial charge in [-0.2, -0.15) is 13.8 Å². The molecule has 0 saturated heterocycles. The summed E-state index contributed by atoms with van der Waals surface area (Å²) >= 11 is 7.05. The third-order valence-electron chi connectivity index (χ3n) is 4.53. The highest BCUT2D eigenvalue weighted by molar-refractivity contribution is 7.93. The summed E-state index contributed by atoms with van der Waals surface area (Å²) in [6, 6.07) is 9.22. The van der Waals surface area contributed by atoms with Gasteiger partial charge in [0.15, 0.2) is 0 Å². The summed E-state index contributed by atoms with van der Waals surface area (Å²) in [7, 11) is -3.93. The monoisotopic (exact) mass is 451 g/mol. The molecule has 0 atom stereocenters. The number of benzene rings is 2. The van der Waals surface area contributed by atoms with E-state index in [9.17, 15) is 12.8 Å². The second kappa shape index (κ2) is 7.36. The van der Waals surface area contributed by atoms with Gasteiger partial charge in [0, 0.05) is 10.6 Å². The number of nitrogens with zero attached hydrogens (tertiary/aromatic N) is 4. The van der Waals surface area contributed by atoms with E-state index in [4.69, 9.17) is 11.6 Å². The number of aromatic nitrogens is 4. The Kier molecular flexibility index (Phi) is 5.01. The van der Waals surface area contributed by atoms with Crippen molar-refractivity contribution in [2.45, 2.75) is 25.3 Å². The zero-order valence-electron chi connectivity index (χ0n) is 15.3. The van der Waals surface area contributed by atoms with Crippen LogP contribution in [0.5, 0.6) is 0 Å². The number of aryl methyl sites for hydroxylation is 1. The van der Waals surface area contributed by atoms with Gasteiger partial charge >= 0.3 is 0 Å². The zero-order valence-corrected chi connectivity index (χ0v) is 17.7. The largest absolute Gasteiger partial charge is 0.276 e. The number of fused-ring (bicyclic) bond motifs is 1. The van der Waals surface area contributed by atoms with Gasteiger partial charge in [-0.25, -0.2) is 12.8 Å². The first-order chi connectivity index (χ1) is 13.8. The van der Waals surface area contributed by atoms with Crippen LogP contribution in [0.1, 0.15) is 17.0 Å². The lowest BCUT2D eigenvalue weighted by Gasteiger charge is -2.10. The van der Waals surface area contributed by atoms with E-state index in [-0.39, 0.29) is 22.0 Å². The van der Waals surface area contributed by atoms with Crippen LogP contribution in [0.25, 0.3) is 11.0 Å². The molecule has 2 heterocycles. The first-order valence-corrected chi connectivity index (χ1v) is 11.1. The van der Waals surface area contributed by atoms with Crippen molar-refractivity contribution in [1.29, 1.82) is 0 Å². The number of nitrogens with one attached hydrogen (secondary N) is 1.